The molecule has 0 bridgehead atoms. The van der Waals surface area contributed by atoms with Crippen LogP contribution in [0.4, 0.5) is 0 Å². The summed E-state index contributed by atoms with van der Waals surface area (Å²) in [5.41, 5.74) is 1.39. The molecular weight excluding hydrogens is 232 g/mol. The molecule has 0 saturated heterocycles. The minimum atomic E-state index is 0.805. The average Bonchev–Trinajstić information content (AvgIpc) is 2.96. The predicted octanol–water partition coefficient (Wildman–Crippen LogP) is 2.56. The molecule has 0 amide bonds. The van der Waals surface area contributed by atoms with E-state index in [1.54, 1.807) is 17.6 Å². The third kappa shape index (κ3) is 4.34. The Bertz CT molecular complexity index is 397. The molecule has 2 aromatic rings. The zero-order valence-electron chi connectivity index (χ0n) is 10.1. The lowest BCUT2D eigenvalue weighted by atomic mass is 10.3. The van der Waals surface area contributed by atoms with Crippen LogP contribution in [0.5, 0.6) is 0 Å². The second kappa shape index (κ2) is 6.59. The molecule has 0 aliphatic carbocycles. The maximum atomic E-state index is 5.25. The molecule has 0 atom stereocenters. The standard InChI is InChI=1S/C13H18N2OS/c1-15(10-12-4-8-17-11-12)6-5-14-9-13-3-2-7-16-13/h2-4,7-8,11,14H,5-6,9-10H2,1H3. The number of rotatable bonds is 7. The smallest absolute Gasteiger partial charge is 0.117 e. The van der Waals surface area contributed by atoms with E-state index in [-0.39, 0.29) is 0 Å². The molecule has 92 valence electrons. The molecule has 0 unspecified atom stereocenters. The van der Waals surface area contributed by atoms with Crippen LogP contribution in [0.2, 0.25) is 0 Å². The Balaban J connectivity index is 1.58. The molecule has 2 rings (SSSR count). The molecule has 2 aromatic heterocycles. The van der Waals surface area contributed by atoms with E-state index in [1.165, 1.54) is 5.56 Å². The first kappa shape index (κ1) is 12.4. The molecule has 17 heavy (non-hydrogen) atoms. The van der Waals surface area contributed by atoms with E-state index in [0.29, 0.717) is 0 Å². The summed E-state index contributed by atoms with van der Waals surface area (Å²) < 4.78 is 5.25. The first-order valence-corrected chi connectivity index (χ1v) is 6.71. The summed E-state index contributed by atoms with van der Waals surface area (Å²) in [5.74, 6) is 0.991. The molecule has 0 spiro atoms. The van der Waals surface area contributed by atoms with Gasteiger partial charge in [0.15, 0.2) is 0 Å². The largest absolute Gasteiger partial charge is 0.468 e. The Morgan fingerprint density at radius 3 is 3.06 bits per heavy atom. The van der Waals surface area contributed by atoms with Gasteiger partial charge in [-0.2, -0.15) is 11.3 Å². The van der Waals surface area contributed by atoms with Crippen LogP contribution in [-0.2, 0) is 13.1 Å². The van der Waals surface area contributed by atoms with Gasteiger partial charge in [-0.15, -0.1) is 0 Å². The number of hydrogen-bond donors (Lipinski definition) is 1. The number of nitrogens with zero attached hydrogens (tertiary/aromatic N) is 1. The third-order valence-electron chi connectivity index (χ3n) is 2.58. The summed E-state index contributed by atoms with van der Waals surface area (Å²) in [7, 11) is 2.15. The van der Waals surface area contributed by atoms with Gasteiger partial charge in [0, 0.05) is 19.6 Å². The van der Waals surface area contributed by atoms with E-state index in [1.807, 2.05) is 12.1 Å². The monoisotopic (exact) mass is 250 g/mol. The van der Waals surface area contributed by atoms with Gasteiger partial charge in [0.1, 0.15) is 5.76 Å². The van der Waals surface area contributed by atoms with Gasteiger partial charge < -0.3 is 14.6 Å². The van der Waals surface area contributed by atoms with Crippen molar-refractivity contribution in [1.29, 1.82) is 0 Å². The second-order valence-electron chi connectivity index (χ2n) is 4.13. The van der Waals surface area contributed by atoms with Crippen LogP contribution >= 0.6 is 11.3 Å². The van der Waals surface area contributed by atoms with Crippen LogP contribution in [0.1, 0.15) is 11.3 Å². The number of hydrogen-bond acceptors (Lipinski definition) is 4. The maximum Gasteiger partial charge on any atom is 0.117 e. The highest BCUT2D eigenvalue weighted by atomic mass is 32.1. The Labute approximate surface area is 106 Å². The van der Waals surface area contributed by atoms with Crippen molar-refractivity contribution in [2.45, 2.75) is 13.1 Å². The molecule has 0 aliphatic rings. The molecule has 3 nitrogen and oxygen atoms in total. The topological polar surface area (TPSA) is 28.4 Å². The van der Waals surface area contributed by atoms with Crippen LogP contribution in [-0.4, -0.2) is 25.0 Å². The van der Waals surface area contributed by atoms with Gasteiger partial charge in [0.05, 0.1) is 12.8 Å². The van der Waals surface area contributed by atoms with Crippen molar-refractivity contribution in [3.05, 3.63) is 46.5 Å². The molecule has 1 N–H and O–H groups in total. The summed E-state index contributed by atoms with van der Waals surface area (Å²) >= 11 is 1.75. The van der Waals surface area contributed by atoms with E-state index >= 15 is 0 Å². The maximum absolute atomic E-state index is 5.25. The first-order chi connectivity index (χ1) is 8.34. The molecule has 0 aromatic carbocycles. The quantitative estimate of drug-likeness (QED) is 0.766. The minimum Gasteiger partial charge on any atom is -0.468 e. The lowest BCUT2D eigenvalue weighted by molar-refractivity contribution is 0.322. The number of nitrogens with one attached hydrogen (secondary N) is 1. The summed E-state index contributed by atoms with van der Waals surface area (Å²) in [4.78, 5) is 2.32. The van der Waals surface area contributed by atoms with Gasteiger partial charge in [-0.05, 0) is 41.6 Å². The third-order valence-corrected chi connectivity index (χ3v) is 3.31. The Kier molecular flexibility index (Phi) is 4.79. The van der Waals surface area contributed by atoms with Crippen molar-refractivity contribution < 1.29 is 4.42 Å². The molecule has 0 saturated carbocycles. The fraction of sp³-hybridized carbons (Fsp3) is 0.385. The van der Waals surface area contributed by atoms with Gasteiger partial charge >= 0.3 is 0 Å². The Hall–Kier alpha value is -1.10. The zero-order chi connectivity index (χ0) is 11.9. The lowest BCUT2D eigenvalue weighted by Gasteiger charge is -2.15. The van der Waals surface area contributed by atoms with Crippen molar-refractivity contribution >= 4 is 11.3 Å². The van der Waals surface area contributed by atoms with Crippen LogP contribution in [0.25, 0.3) is 0 Å². The highest BCUT2D eigenvalue weighted by molar-refractivity contribution is 7.07. The van der Waals surface area contributed by atoms with Crippen LogP contribution in [0.3, 0.4) is 0 Å². The van der Waals surface area contributed by atoms with Crippen LogP contribution < -0.4 is 5.32 Å². The zero-order valence-corrected chi connectivity index (χ0v) is 10.9. The van der Waals surface area contributed by atoms with E-state index in [9.17, 15) is 0 Å². The molecule has 0 radical (unpaired) electrons. The Morgan fingerprint density at radius 2 is 2.35 bits per heavy atom. The second-order valence-corrected chi connectivity index (χ2v) is 4.91. The van der Waals surface area contributed by atoms with Gasteiger partial charge in [-0.3, -0.25) is 0 Å². The lowest BCUT2D eigenvalue weighted by Crippen LogP contribution is -2.28. The van der Waals surface area contributed by atoms with Gasteiger partial charge in [-0.25, -0.2) is 0 Å². The van der Waals surface area contributed by atoms with Gasteiger partial charge in [-0.1, -0.05) is 0 Å². The summed E-state index contributed by atoms with van der Waals surface area (Å²) in [6.45, 7) is 3.84. The van der Waals surface area contributed by atoms with E-state index in [2.05, 4.69) is 34.1 Å². The molecule has 0 aliphatic heterocycles. The molecule has 4 heteroatoms. The first-order valence-electron chi connectivity index (χ1n) is 5.77. The normalized spacial score (nSPS) is 11.2. The Morgan fingerprint density at radius 1 is 1.41 bits per heavy atom. The summed E-state index contributed by atoms with van der Waals surface area (Å²) in [6, 6.07) is 6.08. The number of thiophene rings is 1. The summed E-state index contributed by atoms with van der Waals surface area (Å²) in [6.07, 6.45) is 1.71. The van der Waals surface area contributed by atoms with Crippen molar-refractivity contribution in [2.24, 2.45) is 0 Å². The van der Waals surface area contributed by atoms with Gasteiger partial charge in [0.25, 0.3) is 0 Å². The van der Waals surface area contributed by atoms with Crippen molar-refractivity contribution in [1.82, 2.24) is 10.2 Å². The molecule has 0 fully saturated rings. The summed E-state index contributed by atoms with van der Waals surface area (Å²) in [5, 5.41) is 7.69. The van der Waals surface area contributed by atoms with Gasteiger partial charge in [0.2, 0.25) is 0 Å². The van der Waals surface area contributed by atoms with Crippen LogP contribution in [0.15, 0.2) is 39.6 Å². The van der Waals surface area contributed by atoms with E-state index in [4.69, 9.17) is 4.42 Å². The fourth-order valence-electron chi connectivity index (χ4n) is 1.67. The average molecular weight is 250 g/mol. The number of likely N-dealkylation sites (N-methyl/N-ethyl adjacent to an activating group) is 1. The SMILES string of the molecule is CN(CCNCc1ccco1)Cc1ccsc1. The van der Waals surface area contributed by atoms with Crippen molar-refractivity contribution in [2.75, 3.05) is 20.1 Å². The van der Waals surface area contributed by atoms with E-state index < -0.39 is 0 Å². The minimum absolute atomic E-state index is 0.805. The molecule has 2 heterocycles. The predicted molar refractivity (Wildman–Crippen MR) is 71.1 cm³/mol. The molecular formula is C13H18N2OS. The van der Waals surface area contributed by atoms with E-state index in [0.717, 1.165) is 31.9 Å². The highest BCUT2D eigenvalue weighted by Crippen LogP contribution is 2.07. The highest BCUT2D eigenvalue weighted by Gasteiger charge is 2.00. The van der Waals surface area contributed by atoms with Crippen LogP contribution in [0, 0.1) is 0 Å². The van der Waals surface area contributed by atoms with Crippen molar-refractivity contribution in [3.8, 4) is 0 Å². The van der Waals surface area contributed by atoms with Crippen molar-refractivity contribution in [3.63, 3.8) is 0 Å². The number of furan rings is 1. The fourth-order valence-corrected chi connectivity index (χ4v) is 2.33.